The lowest BCUT2D eigenvalue weighted by Gasteiger charge is -2.10. The second-order valence-electron chi connectivity index (χ2n) is 4.14. The number of hydrogen-bond donors (Lipinski definition) is 1. The van der Waals surface area contributed by atoms with E-state index in [9.17, 15) is 4.79 Å². The van der Waals surface area contributed by atoms with Gasteiger partial charge in [-0.3, -0.25) is 4.98 Å². The zero-order valence-electron chi connectivity index (χ0n) is 11.2. The average molecular weight is 272 g/mol. The van der Waals surface area contributed by atoms with E-state index in [4.69, 9.17) is 15.2 Å². The van der Waals surface area contributed by atoms with Gasteiger partial charge in [-0.05, 0) is 24.3 Å². The molecular weight excluding hydrogens is 256 g/mol. The maximum Gasteiger partial charge on any atom is 0.342 e. The summed E-state index contributed by atoms with van der Waals surface area (Å²) in [5.74, 6) is -0.111. The van der Waals surface area contributed by atoms with Crippen molar-refractivity contribution >= 4 is 11.7 Å². The highest BCUT2D eigenvalue weighted by molar-refractivity contribution is 5.94. The minimum Gasteiger partial charge on any atom is -0.494 e. The molecule has 0 amide bonds. The first-order chi connectivity index (χ1) is 9.72. The van der Waals surface area contributed by atoms with E-state index in [1.807, 2.05) is 18.2 Å². The smallest absolute Gasteiger partial charge is 0.342 e. The van der Waals surface area contributed by atoms with Crippen LogP contribution in [0.5, 0.6) is 5.75 Å². The number of carbonyl (C=O) groups excluding carboxylic acids is 1. The summed E-state index contributed by atoms with van der Waals surface area (Å²) < 4.78 is 10.3. The van der Waals surface area contributed by atoms with Gasteiger partial charge in [0.1, 0.15) is 5.56 Å². The molecule has 0 unspecified atom stereocenters. The maximum absolute atomic E-state index is 12.0. The number of rotatable bonds is 5. The average Bonchev–Trinajstić information content (AvgIpc) is 2.48. The number of nitrogens with zero attached hydrogens (tertiary/aromatic N) is 1. The van der Waals surface area contributed by atoms with Gasteiger partial charge in [0.05, 0.1) is 19.4 Å². The van der Waals surface area contributed by atoms with E-state index < -0.39 is 5.97 Å². The number of ether oxygens (including phenoxy) is 2. The number of carbonyl (C=O) groups is 1. The molecular formula is C15H16N2O3. The number of pyridine rings is 1. The van der Waals surface area contributed by atoms with Crippen LogP contribution < -0.4 is 10.5 Å². The first-order valence-electron chi connectivity index (χ1n) is 6.22. The Hall–Kier alpha value is -2.56. The molecule has 2 rings (SSSR count). The third-order valence-electron chi connectivity index (χ3n) is 2.79. The van der Waals surface area contributed by atoms with Gasteiger partial charge in [-0.15, -0.1) is 0 Å². The highest BCUT2D eigenvalue weighted by atomic mass is 16.5. The van der Waals surface area contributed by atoms with Crippen molar-refractivity contribution in [2.75, 3.05) is 19.5 Å². The first-order valence-corrected chi connectivity index (χ1v) is 6.22. The third kappa shape index (κ3) is 3.26. The van der Waals surface area contributed by atoms with E-state index in [1.54, 1.807) is 24.4 Å². The van der Waals surface area contributed by atoms with Crippen molar-refractivity contribution in [1.82, 2.24) is 4.98 Å². The van der Waals surface area contributed by atoms with Gasteiger partial charge in [-0.2, -0.15) is 0 Å². The fourth-order valence-corrected chi connectivity index (χ4v) is 1.82. The molecule has 1 aromatic carbocycles. The lowest BCUT2D eigenvalue weighted by atomic mass is 10.2. The molecule has 104 valence electrons. The maximum atomic E-state index is 12.0. The van der Waals surface area contributed by atoms with Gasteiger partial charge in [0.15, 0.2) is 5.75 Å². The number of anilines is 1. The Morgan fingerprint density at radius 1 is 1.25 bits per heavy atom. The minimum atomic E-state index is -0.454. The van der Waals surface area contributed by atoms with E-state index in [0.29, 0.717) is 23.4 Å². The van der Waals surface area contributed by atoms with Crippen molar-refractivity contribution in [3.63, 3.8) is 0 Å². The second-order valence-corrected chi connectivity index (χ2v) is 4.14. The van der Waals surface area contributed by atoms with Crippen molar-refractivity contribution in [3.05, 3.63) is 53.9 Å². The van der Waals surface area contributed by atoms with Gasteiger partial charge in [0.25, 0.3) is 0 Å². The molecule has 2 aromatic rings. The number of methoxy groups -OCH3 is 1. The number of para-hydroxylation sites is 1. The van der Waals surface area contributed by atoms with Crippen LogP contribution in [0.1, 0.15) is 16.1 Å². The molecule has 0 radical (unpaired) electrons. The quantitative estimate of drug-likeness (QED) is 0.666. The van der Waals surface area contributed by atoms with E-state index in [-0.39, 0.29) is 6.61 Å². The zero-order chi connectivity index (χ0) is 14.4. The number of aromatic nitrogens is 1. The van der Waals surface area contributed by atoms with Crippen LogP contribution in [0.3, 0.4) is 0 Å². The molecule has 0 fully saturated rings. The summed E-state index contributed by atoms with van der Waals surface area (Å²) in [7, 11) is 1.47. The third-order valence-corrected chi connectivity index (χ3v) is 2.79. The van der Waals surface area contributed by atoms with E-state index in [1.165, 1.54) is 7.11 Å². The number of benzene rings is 1. The first kappa shape index (κ1) is 13.9. The number of nitrogen functional groups attached to an aromatic ring is 1. The molecule has 5 heteroatoms. The Morgan fingerprint density at radius 2 is 2.10 bits per heavy atom. The summed E-state index contributed by atoms with van der Waals surface area (Å²) in [5.41, 5.74) is 7.36. The Bertz CT molecular complexity index is 585. The number of nitrogens with two attached hydrogens (primary N) is 1. The lowest BCUT2D eigenvalue weighted by Crippen LogP contribution is -2.11. The van der Waals surface area contributed by atoms with Crippen LogP contribution >= 0.6 is 0 Å². The second kappa shape index (κ2) is 6.56. The molecule has 20 heavy (non-hydrogen) atoms. The summed E-state index contributed by atoms with van der Waals surface area (Å²) >= 11 is 0. The normalized spacial score (nSPS) is 10.1. The molecule has 2 N–H and O–H groups in total. The highest BCUT2D eigenvalue weighted by Gasteiger charge is 2.15. The molecule has 0 saturated heterocycles. The Morgan fingerprint density at radius 3 is 2.80 bits per heavy atom. The van der Waals surface area contributed by atoms with Crippen molar-refractivity contribution in [1.29, 1.82) is 0 Å². The molecule has 0 spiro atoms. The van der Waals surface area contributed by atoms with Gasteiger partial charge >= 0.3 is 5.97 Å². The Kier molecular flexibility index (Phi) is 4.55. The zero-order valence-corrected chi connectivity index (χ0v) is 11.2. The SMILES string of the molecule is COc1c(N)cccc1C(=O)OCCc1ccccn1. The van der Waals surface area contributed by atoms with Gasteiger partial charge < -0.3 is 15.2 Å². The predicted molar refractivity (Wildman–Crippen MR) is 75.6 cm³/mol. The van der Waals surface area contributed by atoms with Crippen LogP contribution in [-0.4, -0.2) is 24.7 Å². The molecule has 0 aliphatic heterocycles. The fourth-order valence-electron chi connectivity index (χ4n) is 1.82. The minimum absolute atomic E-state index is 0.258. The standard InChI is InChI=1S/C15H16N2O3/c1-19-14-12(6-4-7-13(14)16)15(18)20-10-8-11-5-2-3-9-17-11/h2-7,9H,8,10,16H2,1H3. The molecule has 1 aromatic heterocycles. The van der Waals surface area contributed by atoms with Gasteiger partial charge in [0, 0.05) is 18.3 Å². The van der Waals surface area contributed by atoms with Crippen LogP contribution in [0.2, 0.25) is 0 Å². The monoisotopic (exact) mass is 272 g/mol. The number of hydrogen-bond acceptors (Lipinski definition) is 5. The largest absolute Gasteiger partial charge is 0.494 e. The lowest BCUT2D eigenvalue weighted by molar-refractivity contribution is 0.0505. The molecule has 0 aliphatic carbocycles. The van der Waals surface area contributed by atoms with Gasteiger partial charge in [0.2, 0.25) is 0 Å². The molecule has 0 atom stereocenters. The summed E-state index contributed by atoms with van der Waals surface area (Å²) in [4.78, 5) is 16.1. The van der Waals surface area contributed by atoms with Crippen molar-refractivity contribution < 1.29 is 14.3 Å². The van der Waals surface area contributed by atoms with Crippen LogP contribution in [0.25, 0.3) is 0 Å². The predicted octanol–water partition coefficient (Wildman–Crippen LogP) is 2.07. The van der Waals surface area contributed by atoms with Gasteiger partial charge in [-0.25, -0.2) is 4.79 Å². The van der Waals surface area contributed by atoms with Crippen molar-refractivity contribution in [2.45, 2.75) is 6.42 Å². The van der Waals surface area contributed by atoms with E-state index >= 15 is 0 Å². The molecule has 1 heterocycles. The summed E-state index contributed by atoms with van der Waals surface area (Å²) in [6, 6.07) is 10.6. The highest BCUT2D eigenvalue weighted by Crippen LogP contribution is 2.26. The van der Waals surface area contributed by atoms with Crippen molar-refractivity contribution in [2.24, 2.45) is 0 Å². The van der Waals surface area contributed by atoms with Crippen LogP contribution in [0.15, 0.2) is 42.6 Å². The number of esters is 1. The van der Waals surface area contributed by atoms with Crippen LogP contribution in [0.4, 0.5) is 5.69 Å². The van der Waals surface area contributed by atoms with Crippen LogP contribution in [-0.2, 0) is 11.2 Å². The van der Waals surface area contributed by atoms with E-state index in [0.717, 1.165) is 5.69 Å². The van der Waals surface area contributed by atoms with Crippen LogP contribution in [0, 0.1) is 0 Å². The summed E-state index contributed by atoms with van der Waals surface area (Å²) in [6.07, 6.45) is 2.27. The molecule has 0 bridgehead atoms. The van der Waals surface area contributed by atoms with Gasteiger partial charge in [-0.1, -0.05) is 12.1 Å². The van der Waals surface area contributed by atoms with E-state index in [2.05, 4.69) is 4.98 Å². The topological polar surface area (TPSA) is 74.4 Å². The molecule has 0 saturated carbocycles. The molecule has 5 nitrogen and oxygen atoms in total. The van der Waals surface area contributed by atoms with Crippen molar-refractivity contribution in [3.8, 4) is 5.75 Å². The summed E-state index contributed by atoms with van der Waals surface area (Å²) in [5, 5.41) is 0. The Labute approximate surface area is 117 Å². The Balaban J connectivity index is 1.97. The summed E-state index contributed by atoms with van der Waals surface area (Å²) in [6.45, 7) is 0.258. The molecule has 0 aliphatic rings. The fraction of sp³-hybridized carbons (Fsp3) is 0.200.